The summed E-state index contributed by atoms with van der Waals surface area (Å²) < 4.78 is 0. The Balaban J connectivity index is 1.19. The molecule has 0 atom stereocenters. The third kappa shape index (κ3) is 6.02. The van der Waals surface area contributed by atoms with E-state index < -0.39 is 0 Å². The molecule has 3 aromatic rings. The van der Waals surface area contributed by atoms with Crippen LogP contribution in [0.4, 0.5) is 11.4 Å². The van der Waals surface area contributed by atoms with Crippen LogP contribution in [0.3, 0.4) is 0 Å². The van der Waals surface area contributed by atoms with Crippen LogP contribution in [0.5, 0.6) is 0 Å². The molecule has 2 heterocycles. The number of nitrogens with zero attached hydrogens (tertiary/aromatic N) is 3. The van der Waals surface area contributed by atoms with E-state index in [1.54, 1.807) is 18.3 Å². The molecule has 0 unspecified atom stereocenters. The van der Waals surface area contributed by atoms with E-state index in [2.05, 4.69) is 20.5 Å². The van der Waals surface area contributed by atoms with E-state index in [-0.39, 0.29) is 30.7 Å². The van der Waals surface area contributed by atoms with Crippen molar-refractivity contribution in [3.63, 3.8) is 0 Å². The summed E-state index contributed by atoms with van der Waals surface area (Å²) in [6, 6.07) is 12.9. The maximum Gasteiger partial charge on any atom is 0.261 e. The molecule has 0 saturated carbocycles. The maximum atomic E-state index is 12.9. The molecule has 0 fully saturated rings. The predicted molar refractivity (Wildman–Crippen MR) is 147 cm³/mol. The highest BCUT2D eigenvalue weighted by Crippen LogP contribution is 2.28. The Hall–Kier alpha value is -3.65. The Morgan fingerprint density at radius 2 is 1.73 bits per heavy atom. The number of carbonyl (C=O) groups is 3. The Morgan fingerprint density at radius 3 is 2.51 bits per heavy atom. The molecule has 9 heteroatoms. The first-order valence-electron chi connectivity index (χ1n) is 12.7. The van der Waals surface area contributed by atoms with E-state index in [0.717, 1.165) is 54.8 Å². The number of imide groups is 1. The molecule has 3 amide bonds. The highest BCUT2D eigenvalue weighted by Gasteiger charge is 2.35. The minimum atomic E-state index is -0.337. The van der Waals surface area contributed by atoms with Gasteiger partial charge in [-0.25, -0.2) is 0 Å². The van der Waals surface area contributed by atoms with Gasteiger partial charge in [-0.3, -0.25) is 24.3 Å². The second-order valence-corrected chi connectivity index (χ2v) is 9.35. The largest absolute Gasteiger partial charge is 0.384 e. The van der Waals surface area contributed by atoms with Crippen LogP contribution in [-0.2, 0) is 4.79 Å². The number of carbonyl (C=O) groups excluding carboxylic acids is 3. The van der Waals surface area contributed by atoms with Crippen LogP contribution >= 0.6 is 11.6 Å². The van der Waals surface area contributed by atoms with Gasteiger partial charge in [0.15, 0.2) is 0 Å². The molecule has 1 aromatic heterocycles. The van der Waals surface area contributed by atoms with Gasteiger partial charge in [0.25, 0.3) is 11.8 Å². The standard InChI is InChI=1S/C28H32ClN5O3/c1-3-33(4-2)20-8-10-21-23(18-20)28(37)34(27(21)36)16-12-26(35)32-14-6-5-13-30-24-11-15-31-25-17-19(29)7-9-22(24)25/h7-11,15,17-18H,3-6,12-14,16H2,1-2H3,(H,30,31)(H,32,35). The number of hydrogen-bond donors (Lipinski definition) is 2. The lowest BCUT2D eigenvalue weighted by molar-refractivity contribution is -0.121. The first kappa shape index (κ1) is 26.4. The number of rotatable bonds is 12. The average Bonchev–Trinajstić information content (AvgIpc) is 3.14. The lowest BCUT2D eigenvalue weighted by Crippen LogP contribution is -2.34. The normalized spacial score (nSPS) is 12.7. The molecule has 1 aliphatic heterocycles. The highest BCUT2D eigenvalue weighted by atomic mass is 35.5. The summed E-state index contributed by atoms with van der Waals surface area (Å²) in [6.45, 7) is 7.07. The number of anilines is 2. The molecule has 1 aliphatic rings. The number of fused-ring (bicyclic) bond motifs is 2. The number of nitrogens with one attached hydrogen (secondary N) is 2. The van der Waals surface area contributed by atoms with Gasteiger partial charge in [-0.15, -0.1) is 0 Å². The fourth-order valence-electron chi connectivity index (χ4n) is 4.55. The first-order chi connectivity index (χ1) is 17.9. The number of halogens is 1. The first-order valence-corrected chi connectivity index (χ1v) is 13.1. The van der Waals surface area contributed by atoms with Crippen molar-refractivity contribution in [2.75, 3.05) is 42.9 Å². The van der Waals surface area contributed by atoms with Crippen LogP contribution < -0.4 is 15.5 Å². The second kappa shape index (κ2) is 12.1. The zero-order chi connectivity index (χ0) is 26.4. The van der Waals surface area contributed by atoms with Gasteiger partial charge in [0.2, 0.25) is 5.91 Å². The number of benzene rings is 2. The van der Waals surface area contributed by atoms with Crippen molar-refractivity contribution in [1.82, 2.24) is 15.2 Å². The van der Waals surface area contributed by atoms with E-state index >= 15 is 0 Å². The minimum Gasteiger partial charge on any atom is -0.384 e. The summed E-state index contributed by atoms with van der Waals surface area (Å²) in [4.78, 5) is 45.6. The number of amides is 3. The van der Waals surface area contributed by atoms with E-state index in [1.165, 1.54) is 4.90 Å². The van der Waals surface area contributed by atoms with Crippen molar-refractivity contribution in [3.05, 3.63) is 64.8 Å². The molecule has 2 N–H and O–H groups in total. The second-order valence-electron chi connectivity index (χ2n) is 8.92. The fraction of sp³-hybridized carbons (Fsp3) is 0.357. The van der Waals surface area contributed by atoms with Gasteiger partial charge in [-0.2, -0.15) is 0 Å². The molecule has 37 heavy (non-hydrogen) atoms. The quantitative estimate of drug-likeness (QED) is 0.264. The van der Waals surface area contributed by atoms with Crippen LogP contribution in [0.15, 0.2) is 48.7 Å². The van der Waals surface area contributed by atoms with Crippen LogP contribution in [0.2, 0.25) is 5.02 Å². The zero-order valence-electron chi connectivity index (χ0n) is 21.2. The van der Waals surface area contributed by atoms with Crippen molar-refractivity contribution in [2.24, 2.45) is 0 Å². The van der Waals surface area contributed by atoms with Gasteiger partial charge in [-0.1, -0.05) is 11.6 Å². The van der Waals surface area contributed by atoms with Crippen molar-refractivity contribution in [2.45, 2.75) is 33.1 Å². The fourth-order valence-corrected chi connectivity index (χ4v) is 4.71. The summed E-state index contributed by atoms with van der Waals surface area (Å²) in [5.74, 6) is -0.847. The number of aromatic nitrogens is 1. The highest BCUT2D eigenvalue weighted by molar-refractivity contribution is 6.31. The number of pyridine rings is 1. The summed E-state index contributed by atoms with van der Waals surface area (Å²) >= 11 is 6.05. The Bertz CT molecular complexity index is 1310. The van der Waals surface area contributed by atoms with E-state index in [4.69, 9.17) is 11.6 Å². The average molecular weight is 522 g/mol. The van der Waals surface area contributed by atoms with Crippen LogP contribution in [-0.4, -0.2) is 60.3 Å². The summed E-state index contributed by atoms with van der Waals surface area (Å²) in [5, 5.41) is 7.96. The van der Waals surface area contributed by atoms with E-state index in [0.29, 0.717) is 22.7 Å². The Labute approximate surface area is 222 Å². The summed E-state index contributed by atoms with van der Waals surface area (Å²) in [5.41, 5.74) is 3.56. The molecule has 0 saturated heterocycles. The van der Waals surface area contributed by atoms with Gasteiger partial charge >= 0.3 is 0 Å². The van der Waals surface area contributed by atoms with Gasteiger partial charge in [-0.05, 0) is 69.2 Å². The van der Waals surface area contributed by atoms with E-state index in [1.807, 2.05) is 44.2 Å². The molecule has 0 bridgehead atoms. The van der Waals surface area contributed by atoms with Crippen molar-refractivity contribution in [3.8, 4) is 0 Å². The summed E-state index contributed by atoms with van der Waals surface area (Å²) in [6.07, 6.45) is 3.50. The third-order valence-electron chi connectivity index (χ3n) is 6.59. The Morgan fingerprint density at radius 1 is 0.973 bits per heavy atom. The smallest absolute Gasteiger partial charge is 0.261 e. The van der Waals surface area contributed by atoms with Gasteiger partial charge in [0.05, 0.1) is 16.6 Å². The third-order valence-corrected chi connectivity index (χ3v) is 6.83. The maximum absolute atomic E-state index is 12.9. The zero-order valence-corrected chi connectivity index (χ0v) is 22.0. The number of hydrogen-bond acceptors (Lipinski definition) is 6. The van der Waals surface area contributed by atoms with Crippen molar-refractivity contribution < 1.29 is 14.4 Å². The predicted octanol–water partition coefficient (Wildman–Crippen LogP) is 4.73. The molecule has 2 aromatic carbocycles. The van der Waals surface area contributed by atoms with E-state index in [9.17, 15) is 14.4 Å². The molecular weight excluding hydrogens is 490 g/mol. The van der Waals surface area contributed by atoms with Crippen LogP contribution in [0.1, 0.15) is 53.8 Å². The summed E-state index contributed by atoms with van der Waals surface area (Å²) in [7, 11) is 0. The lowest BCUT2D eigenvalue weighted by Gasteiger charge is -2.21. The lowest BCUT2D eigenvalue weighted by atomic mass is 10.1. The SMILES string of the molecule is CCN(CC)c1ccc2c(c1)C(=O)N(CCC(=O)NCCCCNc1ccnc3cc(Cl)ccc13)C2=O. The minimum absolute atomic E-state index is 0.0689. The van der Waals surface area contributed by atoms with Crippen molar-refractivity contribution in [1.29, 1.82) is 0 Å². The van der Waals surface area contributed by atoms with Gasteiger partial charge in [0, 0.05) is 67.1 Å². The number of unbranched alkanes of at least 4 members (excludes halogenated alkanes) is 1. The monoisotopic (exact) mass is 521 g/mol. The van der Waals surface area contributed by atoms with Crippen molar-refractivity contribution >= 4 is 51.6 Å². The molecular formula is C28H32ClN5O3. The molecule has 4 rings (SSSR count). The van der Waals surface area contributed by atoms with Crippen LogP contribution in [0, 0.1) is 0 Å². The molecule has 0 radical (unpaired) electrons. The van der Waals surface area contributed by atoms with Crippen LogP contribution in [0.25, 0.3) is 10.9 Å². The topological polar surface area (TPSA) is 94.6 Å². The molecule has 194 valence electrons. The Kier molecular flexibility index (Phi) is 8.61. The molecule has 8 nitrogen and oxygen atoms in total. The van der Waals surface area contributed by atoms with Gasteiger partial charge < -0.3 is 15.5 Å². The van der Waals surface area contributed by atoms with Gasteiger partial charge in [0.1, 0.15) is 0 Å². The molecule has 0 spiro atoms. The molecule has 0 aliphatic carbocycles.